The number of aromatic nitrogens is 2. The smallest absolute Gasteiger partial charge is 0.132 e. The van der Waals surface area contributed by atoms with E-state index in [0.29, 0.717) is 0 Å². The molecule has 1 unspecified atom stereocenters. The van der Waals surface area contributed by atoms with Crippen LogP contribution in [0.2, 0.25) is 0 Å². The molecule has 0 aromatic carbocycles. The molecule has 1 aromatic rings. The Morgan fingerprint density at radius 1 is 1.28 bits per heavy atom. The summed E-state index contributed by atoms with van der Waals surface area (Å²) in [6, 6.07) is 2.00. The van der Waals surface area contributed by atoms with Crippen molar-refractivity contribution in [1.29, 1.82) is 0 Å². The zero-order valence-electron chi connectivity index (χ0n) is 11.2. The number of nitrogens with zero attached hydrogens (tertiary/aromatic N) is 2. The lowest BCUT2D eigenvalue weighted by atomic mass is 10.2. The van der Waals surface area contributed by atoms with Gasteiger partial charge in [-0.15, -0.1) is 0 Å². The highest BCUT2D eigenvalue weighted by Crippen LogP contribution is 2.26. The van der Waals surface area contributed by atoms with Gasteiger partial charge in [-0.05, 0) is 25.5 Å². The second-order valence-corrected chi connectivity index (χ2v) is 5.86. The van der Waals surface area contributed by atoms with Gasteiger partial charge in [0.2, 0.25) is 0 Å². The van der Waals surface area contributed by atoms with Crippen LogP contribution in [0.25, 0.3) is 0 Å². The van der Waals surface area contributed by atoms with Gasteiger partial charge in [0.05, 0.1) is 0 Å². The SMILES string of the molecule is CCNc1cc(NCC2CCCS2)nc(CC)n1. The monoisotopic (exact) mass is 266 g/mol. The summed E-state index contributed by atoms with van der Waals surface area (Å²) in [5.41, 5.74) is 0. The molecule has 0 spiro atoms. The molecule has 18 heavy (non-hydrogen) atoms. The number of rotatable bonds is 6. The average Bonchev–Trinajstić information content (AvgIpc) is 2.89. The van der Waals surface area contributed by atoms with Crippen molar-refractivity contribution in [1.82, 2.24) is 9.97 Å². The first-order valence-electron chi connectivity index (χ1n) is 6.79. The van der Waals surface area contributed by atoms with Crippen LogP contribution in [0.15, 0.2) is 6.07 Å². The van der Waals surface area contributed by atoms with Crippen molar-refractivity contribution in [3.05, 3.63) is 11.9 Å². The highest BCUT2D eigenvalue weighted by molar-refractivity contribution is 8.00. The Labute approximate surface area is 113 Å². The van der Waals surface area contributed by atoms with Crippen LogP contribution in [-0.4, -0.2) is 34.1 Å². The van der Waals surface area contributed by atoms with Gasteiger partial charge in [0.25, 0.3) is 0 Å². The summed E-state index contributed by atoms with van der Waals surface area (Å²) in [4.78, 5) is 8.98. The third-order valence-electron chi connectivity index (χ3n) is 2.98. The Kier molecular flexibility index (Phi) is 5.11. The van der Waals surface area contributed by atoms with Crippen LogP contribution in [0, 0.1) is 0 Å². The molecule has 2 rings (SSSR count). The number of hydrogen-bond donors (Lipinski definition) is 2. The predicted octanol–water partition coefficient (Wildman–Crippen LogP) is 2.78. The summed E-state index contributed by atoms with van der Waals surface area (Å²) in [5.74, 6) is 4.07. The van der Waals surface area contributed by atoms with E-state index in [4.69, 9.17) is 0 Å². The highest BCUT2D eigenvalue weighted by Gasteiger charge is 2.15. The first-order chi connectivity index (χ1) is 8.81. The summed E-state index contributed by atoms with van der Waals surface area (Å²) in [6.07, 6.45) is 3.54. The van der Waals surface area contributed by atoms with E-state index < -0.39 is 0 Å². The lowest BCUT2D eigenvalue weighted by Crippen LogP contribution is -2.15. The fourth-order valence-corrected chi connectivity index (χ4v) is 3.24. The van der Waals surface area contributed by atoms with Crippen LogP contribution in [0.4, 0.5) is 11.6 Å². The number of thioether (sulfide) groups is 1. The van der Waals surface area contributed by atoms with Crippen molar-refractivity contribution >= 4 is 23.4 Å². The summed E-state index contributed by atoms with van der Waals surface area (Å²) < 4.78 is 0. The molecule has 1 atom stereocenters. The van der Waals surface area contributed by atoms with Crippen LogP contribution in [0.5, 0.6) is 0 Å². The minimum Gasteiger partial charge on any atom is -0.370 e. The zero-order chi connectivity index (χ0) is 12.8. The first kappa shape index (κ1) is 13.5. The van der Waals surface area contributed by atoms with Crippen LogP contribution in [-0.2, 0) is 6.42 Å². The Hall–Kier alpha value is -0.970. The lowest BCUT2D eigenvalue weighted by molar-refractivity contribution is 0.801. The fourth-order valence-electron chi connectivity index (χ4n) is 2.04. The standard InChI is InChI=1S/C13H22N4S/c1-3-11-16-12(14-4-2)8-13(17-11)15-9-10-6-5-7-18-10/h8,10H,3-7,9H2,1-2H3,(H2,14,15,16,17). The molecular formula is C13H22N4S. The van der Waals surface area contributed by atoms with Gasteiger partial charge >= 0.3 is 0 Å². The second-order valence-electron chi connectivity index (χ2n) is 4.45. The fraction of sp³-hybridized carbons (Fsp3) is 0.692. The van der Waals surface area contributed by atoms with E-state index in [2.05, 4.69) is 46.2 Å². The third kappa shape index (κ3) is 3.77. The predicted molar refractivity (Wildman–Crippen MR) is 79.5 cm³/mol. The molecule has 1 saturated heterocycles. The van der Waals surface area contributed by atoms with E-state index in [-0.39, 0.29) is 0 Å². The molecule has 1 aliphatic heterocycles. The molecule has 0 saturated carbocycles. The summed E-state index contributed by atoms with van der Waals surface area (Å²) >= 11 is 2.06. The molecule has 4 nitrogen and oxygen atoms in total. The molecule has 0 radical (unpaired) electrons. The topological polar surface area (TPSA) is 49.8 Å². The number of aryl methyl sites for hydroxylation is 1. The average molecular weight is 266 g/mol. The van der Waals surface area contributed by atoms with Gasteiger partial charge in [-0.3, -0.25) is 0 Å². The molecular weight excluding hydrogens is 244 g/mol. The quantitative estimate of drug-likeness (QED) is 0.829. The first-order valence-corrected chi connectivity index (χ1v) is 7.84. The molecule has 2 heterocycles. The van der Waals surface area contributed by atoms with Gasteiger partial charge in [-0.2, -0.15) is 11.8 Å². The third-order valence-corrected chi connectivity index (χ3v) is 4.38. The summed E-state index contributed by atoms with van der Waals surface area (Å²) in [5, 5.41) is 7.45. The van der Waals surface area contributed by atoms with E-state index in [1.54, 1.807) is 0 Å². The molecule has 5 heteroatoms. The minimum absolute atomic E-state index is 0.743. The molecule has 0 aliphatic carbocycles. The van der Waals surface area contributed by atoms with Crippen molar-refractivity contribution in [2.45, 2.75) is 38.4 Å². The lowest BCUT2D eigenvalue weighted by Gasteiger charge is -2.12. The van der Waals surface area contributed by atoms with E-state index in [1.807, 2.05) is 6.07 Å². The van der Waals surface area contributed by atoms with Crippen molar-refractivity contribution in [2.75, 3.05) is 29.5 Å². The Morgan fingerprint density at radius 2 is 2.06 bits per heavy atom. The van der Waals surface area contributed by atoms with Gasteiger partial charge in [0.1, 0.15) is 17.5 Å². The second kappa shape index (κ2) is 6.83. The molecule has 1 fully saturated rings. The van der Waals surface area contributed by atoms with Crippen LogP contribution >= 0.6 is 11.8 Å². The normalized spacial score (nSPS) is 18.9. The summed E-state index contributed by atoms with van der Waals surface area (Å²) in [6.45, 7) is 6.06. The van der Waals surface area contributed by atoms with Crippen LogP contribution in [0.1, 0.15) is 32.5 Å². The minimum atomic E-state index is 0.743. The molecule has 0 bridgehead atoms. The van der Waals surface area contributed by atoms with E-state index in [9.17, 15) is 0 Å². The van der Waals surface area contributed by atoms with Crippen LogP contribution in [0.3, 0.4) is 0 Å². The Bertz CT molecular complexity index is 377. The Morgan fingerprint density at radius 3 is 2.67 bits per heavy atom. The molecule has 100 valence electrons. The summed E-state index contributed by atoms with van der Waals surface area (Å²) in [7, 11) is 0. The van der Waals surface area contributed by atoms with E-state index in [0.717, 1.165) is 42.2 Å². The van der Waals surface area contributed by atoms with Crippen molar-refractivity contribution < 1.29 is 0 Å². The van der Waals surface area contributed by atoms with Gasteiger partial charge in [-0.1, -0.05) is 6.92 Å². The van der Waals surface area contributed by atoms with E-state index in [1.165, 1.54) is 18.6 Å². The number of hydrogen-bond acceptors (Lipinski definition) is 5. The van der Waals surface area contributed by atoms with Crippen molar-refractivity contribution in [3.63, 3.8) is 0 Å². The molecule has 1 aromatic heterocycles. The highest BCUT2D eigenvalue weighted by atomic mass is 32.2. The maximum atomic E-state index is 4.52. The Balaban J connectivity index is 1.98. The van der Waals surface area contributed by atoms with Crippen molar-refractivity contribution in [3.8, 4) is 0 Å². The van der Waals surface area contributed by atoms with Crippen molar-refractivity contribution in [2.24, 2.45) is 0 Å². The van der Waals surface area contributed by atoms with Crippen LogP contribution < -0.4 is 10.6 Å². The molecule has 2 N–H and O–H groups in total. The zero-order valence-corrected chi connectivity index (χ0v) is 12.0. The van der Waals surface area contributed by atoms with Gasteiger partial charge < -0.3 is 10.6 Å². The maximum Gasteiger partial charge on any atom is 0.132 e. The van der Waals surface area contributed by atoms with Gasteiger partial charge in [0, 0.05) is 30.8 Å². The maximum absolute atomic E-state index is 4.52. The number of anilines is 2. The largest absolute Gasteiger partial charge is 0.370 e. The molecule has 1 aliphatic rings. The number of nitrogens with one attached hydrogen (secondary N) is 2. The van der Waals surface area contributed by atoms with Gasteiger partial charge in [0.15, 0.2) is 0 Å². The molecule has 0 amide bonds. The van der Waals surface area contributed by atoms with E-state index >= 15 is 0 Å². The van der Waals surface area contributed by atoms with Gasteiger partial charge in [-0.25, -0.2) is 9.97 Å².